The van der Waals surface area contributed by atoms with Crippen LogP contribution >= 0.6 is 23.7 Å². The summed E-state index contributed by atoms with van der Waals surface area (Å²) in [4.78, 5) is 6.92. The number of aryl methyl sites for hydroxylation is 1. The first-order valence-corrected chi connectivity index (χ1v) is 7.50. The van der Waals surface area contributed by atoms with Gasteiger partial charge in [0.15, 0.2) is 5.13 Å². The number of aromatic nitrogens is 1. The number of rotatable bonds is 4. The van der Waals surface area contributed by atoms with Gasteiger partial charge < -0.3 is 16.0 Å². The maximum Gasteiger partial charge on any atom is 0.183 e. The van der Waals surface area contributed by atoms with Crippen LogP contribution in [0.5, 0.6) is 0 Å². The zero-order valence-electron chi connectivity index (χ0n) is 12.0. The second kappa shape index (κ2) is 6.88. The highest BCUT2D eigenvalue weighted by molar-refractivity contribution is 7.13. The predicted octanol–water partition coefficient (Wildman–Crippen LogP) is 2.49. The first-order chi connectivity index (χ1) is 8.42. The molecule has 1 aromatic heterocycles. The van der Waals surface area contributed by atoms with Gasteiger partial charge in [0.25, 0.3) is 0 Å². The van der Waals surface area contributed by atoms with Crippen LogP contribution in [0.25, 0.3) is 0 Å². The van der Waals surface area contributed by atoms with E-state index < -0.39 is 0 Å². The SMILES string of the molecule is Cc1csc(NC2CCN(CC(C)(C)N)CC2)n1.Cl. The molecule has 0 bridgehead atoms. The van der Waals surface area contributed by atoms with Crippen LogP contribution in [0.15, 0.2) is 5.38 Å². The summed E-state index contributed by atoms with van der Waals surface area (Å²) in [5, 5.41) is 6.69. The zero-order valence-corrected chi connectivity index (χ0v) is 13.6. The molecule has 0 spiro atoms. The summed E-state index contributed by atoms with van der Waals surface area (Å²) in [5.74, 6) is 0. The third-order valence-corrected chi connectivity index (χ3v) is 4.06. The predicted molar refractivity (Wildman–Crippen MR) is 85.5 cm³/mol. The molecule has 2 heterocycles. The van der Waals surface area contributed by atoms with Crippen LogP contribution in [0, 0.1) is 6.92 Å². The molecule has 0 atom stereocenters. The highest BCUT2D eigenvalue weighted by Gasteiger charge is 2.23. The number of halogens is 1. The van der Waals surface area contributed by atoms with Gasteiger partial charge in [-0.15, -0.1) is 23.7 Å². The Morgan fingerprint density at radius 2 is 2.11 bits per heavy atom. The fraction of sp³-hybridized carbons (Fsp3) is 0.769. The molecule has 4 nitrogen and oxygen atoms in total. The second-order valence-corrected chi connectivity index (χ2v) is 6.84. The number of thiazole rings is 1. The summed E-state index contributed by atoms with van der Waals surface area (Å²) in [7, 11) is 0. The van der Waals surface area contributed by atoms with Gasteiger partial charge in [-0.05, 0) is 33.6 Å². The monoisotopic (exact) mass is 304 g/mol. The fourth-order valence-electron chi connectivity index (χ4n) is 2.41. The summed E-state index contributed by atoms with van der Waals surface area (Å²) < 4.78 is 0. The summed E-state index contributed by atoms with van der Waals surface area (Å²) in [5.41, 5.74) is 7.07. The molecule has 1 fully saturated rings. The van der Waals surface area contributed by atoms with Crippen molar-refractivity contribution in [3.63, 3.8) is 0 Å². The summed E-state index contributed by atoms with van der Waals surface area (Å²) in [6.07, 6.45) is 2.35. The van der Waals surface area contributed by atoms with E-state index in [1.165, 1.54) is 12.8 Å². The number of nitrogens with two attached hydrogens (primary N) is 1. The van der Waals surface area contributed by atoms with E-state index in [0.717, 1.165) is 30.5 Å². The molecular weight excluding hydrogens is 280 g/mol. The van der Waals surface area contributed by atoms with Gasteiger partial charge >= 0.3 is 0 Å². The fourth-order valence-corrected chi connectivity index (χ4v) is 3.17. The molecule has 1 aromatic rings. The van der Waals surface area contributed by atoms with Crippen LogP contribution in [-0.4, -0.2) is 41.1 Å². The summed E-state index contributed by atoms with van der Waals surface area (Å²) in [6, 6.07) is 0.563. The van der Waals surface area contributed by atoms with Crippen molar-refractivity contribution >= 4 is 28.9 Å². The summed E-state index contributed by atoms with van der Waals surface area (Å²) in [6.45, 7) is 9.46. The van der Waals surface area contributed by atoms with Gasteiger partial charge in [-0.2, -0.15) is 0 Å². The Balaban J connectivity index is 0.00000180. The van der Waals surface area contributed by atoms with Crippen LogP contribution in [-0.2, 0) is 0 Å². The Kier molecular flexibility index (Phi) is 6.05. The number of anilines is 1. The van der Waals surface area contributed by atoms with Crippen LogP contribution in [0.3, 0.4) is 0 Å². The van der Waals surface area contributed by atoms with Gasteiger partial charge in [-0.3, -0.25) is 0 Å². The van der Waals surface area contributed by atoms with Crippen molar-refractivity contribution in [2.45, 2.75) is 45.2 Å². The molecule has 1 saturated heterocycles. The average molecular weight is 305 g/mol. The van der Waals surface area contributed by atoms with E-state index in [1.54, 1.807) is 11.3 Å². The van der Waals surface area contributed by atoms with Crippen LogP contribution in [0.2, 0.25) is 0 Å². The molecule has 1 aliphatic rings. The van der Waals surface area contributed by atoms with Crippen LogP contribution in [0.1, 0.15) is 32.4 Å². The smallest absolute Gasteiger partial charge is 0.183 e. The van der Waals surface area contributed by atoms with E-state index in [0.29, 0.717) is 6.04 Å². The number of nitrogens with one attached hydrogen (secondary N) is 1. The molecule has 1 aliphatic heterocycles. The van der Waals surface area contributed by atoms with E-state index in [9.17, 15) is 0 Å². The van der Waals surface area contributed by atoms with E-state index in [1.807, 2.05) is 6.92 Å². The number of likely N-dealkylation sites (tertiary alicyclic amines) is 1. The number of hydrogen-bond donors (Lipinski definition) is 2. The standard InChI is InChI=1S/C13H24N4S.ClH/c1-10-8-18-12(15-10)16-11-4-6-17(7-5-11)9-13(2,3)14;/h8,11H,4-7,9,14H2,1-3H3,(H,15,16);1H. The summed E-state index contributed by atoms with van der Waals surface area (Å²) >= 11 is 1.70. The highest BCUT2D eigenvalue weighted by Crippen LogP contribution is 2.20. The highest BCUT2D eigenvalue weighted by atomic mass is 35.5. The lowest BCUT2D eigenvalue weighted by molar-refractivity contribution is 0.184. The molecule has 3 N–H and O–H groups in total. The van der Waals surface area contributed by atoms with Gasteiger partial charge in [0.05, 0.1) is 5.69 Å². The topological polar surface area (TPSA) is 54.2 Å². The Labute approximate surface area is 126 Å². The minimum Gasteiger partial charge on any atom is -0.359 e. The maximum absolute atomic E-state index is 6.06. The minimum absolute atomic E-state index is 0. The third kappa shape index (κ3) is 5.65. The lowest BCUT2D eigenvalue weighted by Gasteiger charge is -2.36. The molecule has 6 heteroatoms. The lowest BCUT2D eigenvalue weighted by Crippen LogP contribution is -2.49. The lowest BCUT2D eigenvalue weighted by atomic mass is 10.0. The van der Waals surface area contributed by atoms with Gasteiger partial charge in [0, 0.05) is 36.6 Å². The van der Waals surface area contributed by atoms with Crippen molar-refractivity contribution in [3.05, 3.63) is 11.1 Å². The van der Waals surface area contributed by atoms with Crippen LogP contribution in [0.4, 0.5) is 5.13 Å². The Morgan fingerprint density at radius 3 is 2.58 bits per heavy atom. The molecule has 0 amide bonds. The molecule has 0 aromatic carbocycles. The first kappa shape index (κ1) is 16.7. The molecule has 0 radical (unpaired) electrons. The largest absolute Gasteiger partial charge is 0.359 e. The molecule has 2 rings (SSSR count). The van der Waals surface area contributed by atoms with Gasteiger partial charge in [0.1, 0.15) is 0 Å². The molecule has 0 saturated carbocycles. The van der Waals surface area contributed by atoms with Gasteiger partial charge in [0.2, 0.25) is 0 Å². The van der Waals surface area contributed by atoms with Crippen molar-refractivity contribution in [1.82, 2.24) is 9.88 Å². The number of hydrogen-bond acceptors (Lipinski definition) is 5. The van der Waals surface area contributed by atoms with E-state index >= 15 is 0 Å². The number of piperidine rings is 1. The molecular formula is C13H25ClN4S. The van der Waals surface area contributed by atoms with Crippen molar-refractivity contribution < 1.29 is 0 Å². The Hall–Kier alpha value is -0.360. The van der Waals surface area contributed by atoms with Crippen molar-refractivity contribution in [2.24, 2.45) is 5.73 Å². The first-order valence-electron chi connectivity index (χ1n) is 6.62. The van der Waals surface area contributed by atoms with E-state index in [4.69, 9.17) is 5.73 Å². The normalized spacial score (nSPS) is 18.1. The molecule has 110 valence electrons. The molecule has 0 unspecified atom stereocenters. The molecule has 19 heavy (non-hydrogen) atoms. The van der Waals surface area contributed by atoms with Crippen molar-refractivity contribution in [3.8, 4) is 0 Å². The molecule has 0 aliphatic carbocycles. The Morgan fingerprint density at radius 1 is 1.47 bits per heavy atom. The third-order valence-electron chi connectivity index (χ3n) is 3.17. The van der Waals surface area contributed by atoms with Gasteiger partial charge in [-0.1, -0.05) is 0 Å². The zero-order chi connectivity index (χ0) is 13.2. The number of nitrogens with zero attached hydrogens (tertiary/aromatic N) is 2. The maximum atomic E-state index is 6.06. The quantitative estimate of drug-likeness (QED) is 0.897. The van der Waals surface area contributed by atoms with Crippen molar-refractivity contribution in [2.75, 3.05) is 25.0 Å². The Bertz CT molecular complexity index is 380. The van der Waals surface area contributed by atoms with Gasteiger partial charge in [-0.25, -0.2) is 4.98 Å². The van der Waals surface area contributed by atoms with E-state index in [-0.39, 0.29) is 17.9 Å². The minimum atomic E-state index is -0.0906. The second-order valence-electron chi connectivity index (χ2n) is 5.98. The average Bonchev–Trinajstić information content (AvgIpc) is 2.65. The van der Waals surface area contributed by atoms with Crippen LogP contribution < -0.4 is 11.1 Å². The van der Waals surface area contributed by atoms with E-state index in [2.05, 4.69) is 34.4 Å². The van der Waals surface area contributed by atoms with Crippen molar-refractivity contribution in [1.29, 1.82) is 0 Å².